The predicted octanol–water partition coefficient (Wildman–Crippen LogP) is 0.987. The lowest BCUT2D eigenvalue weighted by Gasteiger charge is -2.01. The summed E-state index contributed by atoms with van der Waals surface area (Å²) in [6.07, 6.45) is 10.2. The summed E-state index contributed by atoms with van der Waals surface area (Å²) in [7, 11) is 0. The maximum atomic E-state index is 12.0. The van der Waals surface area contributed by atoms with Gasteiger partial charge in [0.1, 0.15) is 0 Å². The van der Waals surface area contributed by atoms with Gasteiger partial charge in [0, 0.05) is 31.3 Å². The van der Waals surface area contributed by atoms with Gasteiger partial charge in [-0.25, -0.2) is 4.52 Å². The number of amides is 1. The largest absolute Gasteiger partial charge is 0.367 e. The Morgan fingerprint density at radius 3 is 3.22 bits per heavy atom. The van der Waals surface area contributed by atoms with Crippen LogP contribution in [0.5, 0.6) is 0 Å². The topological polar surface area (TPSA) is 75.1 Å². The van der Waals surface area contributed by atoms with Crippen LogP contribution < -0.4 is 5.32 Å². The van der Waals surface area contributed by atoms with Crippen molar-refractivity contribution >= 4 is 11.4 Å². The summed E-state index contributed by atoms with van der Waals surface area (Å²) in [6.45, 7) is 0.486. The van der Waals surface area contributed by atoms with Crippen LogP contribution in [0.3, 0.4) is 0 Å². The van der Waals surface area contributed by atoms with Crippen LogP contribution in [-0.2, 0) is 6.54 Å². The molecule has 6 heteroatoms. The van der Waals surface area contributed by atoms with Crippen molar-refractivity contribution in [2.45, 2.75) is 6.54 Å². The van der Waals surface area contributed by atoms with Crippen LogP contribution in [0.1, 0.15) is 15.9 Å². The average molecular weight is 241 g/mol. The first-order valence-electron chi connectivity index (χ1n) is 5.52. The van der Waals surface area contributed by atoms with E-state index in [0.29, 0.717) is 17.6 Å². The zero-order valence-electron chi connectivity index (χ0n) is 9.50. The molecular weight excluding hydrogens is 230 g/mol. The van der Waals surface area contributed by atoms with Gasteiger partial charge in [-0.2, -0.15) is 5.10 Å². The van der Waals surface area contributed by atoms with E-state index in [2.05, 4.69) is 20.4 Å². The first-order chi connectivity index (χ1) is 8.84. The fourth-order valence-corrected chi connectivity index (χ4v) is 1.76. The van der Waals surface area contributed by atoms with Gasteiger partial charge in [0.15, 0.2) is 0 Å². The van der Waals surface area contributed by atoms with Crippen LogP contribution in [-0.4, -0.2) is 25.5 Å². The highest BCUT2D eigenvalue weighted by Gasteiger charge is 2.12. The molecule has 90 valence electrons. The summed E-state index contributed by atoms with van der Waals surface area (Å²) in [6, 6.07) is 1.91. The average Bonchev–Trinajstić information content (AvgIpc) is 3.05. The minimum absolute atomic E-state index is 0.154. The molecule has 0 radical (unpaired) electrons. The Morgan fingerprint density at radius 2 is 2.39 bits per heavy atom. The number of fused-ring (bicyclic) bond motifs is 1. The van der Waals surface area contributed by atoms with Gasteiger partial charge in [0.25, 0.3) is 5.91 Å². The molecule has 0 bridgehead atoms. The van der Waals surface area contributed by atoms with Crippen LogP contribution in [0.2, 0.25) is 0 Å². The third-order valence-corrected chi connectivity index (χ3v) is 2.68. The quantitative estimate of drug-likeness (QED) is 0.718. The summed E-state index contributed by atoms with van der Waals surface area (Å²) >= 11 is 0. The summed E-state index contributed by atoms with van der Waals surface area (Å²) < 4.78 is 1.62. The molecular formula is C12H11N5O. The highest BCUT2D eigenvalue weighted by molar-refractivity contribution is 6.00. The zero-order valence-corrected chi connectivity index (χ0v) is 9.50. The first kappa shape index (κ1) is 10.5. The maximum Gasteiger partial charge on any atom is 0.255 e. The van der Waals surface area contributed by atoms with Gasteiger partial charge in [-0.05, 0) is 11.6 Å². The Bertz CT molecular complexity index is 671. The second-order valence-electron chi connectivity index (χ2n) is 3.87. The van der Waals surface area contributed by atoms with E-state index in [4.69, 9.17) is 0 Å². The second kappa shape index (κ2) is 4.33. The Balaban J connectivity index is 1.80. The van der Waals surface area contributed by atoms with Crippen LogP contribution in [0.4, 0.5) is 0 Å². The van der Waals surface area contributed by atoms with Crippen LogP contribution in [0.15, 0.2) is 43.2 Å². The number of aromatic amines is 1. The fourth-order valence-electron chi connectivity index (χ4n) is 1.76. The van der Waals surface area contributed by atoms with Gasteiger partial charge in [0.05, 0.1) is 23.5 Å². The molecule has 2 N–H and O–H groups in total. The molecule has 3 aromatic rings. The molecule has 18 heavy (non-hydrogen) atoms. The Labute approximate surface area is 103 Å². The minimum Gasteiger partial charge on any atom is -0.367 e. The Kier molecular flexibility index (Phi) is 2.53. The van der Waals surface area contributed by atoms with Crippen LogP contribution >= 0.6 is 0 Å². The van der Waals surface area contributed by atoms with E-state index in [-0.39, 0.29) is 5.91 Å². The lowest BCUT2D eigenvalue weighted by Crippen LogP contribution is -2.22. The molecule has 1 amide bonds. The molecule has 0 atom stereocenters. The number of hydrogen-bond acceptors (Lipinski definition) is 3. The molecule has 0 saturated carbocycles. The predicted molar refractivity (Wildman–Crippen MR) is 64.9 cm³/mol. The van der Waals surface area contributed by atoms with E-state index in [0.717, 1.165) is 5.56 Å². The van der Waals surface area contributed by atoms with E-state index in [1.165, 1.54) is 0 Å². The van der Waals surface area contributed by atoms with Crippen LogP contribution in [0.25, 0.3) is 5.52 Å². The van der Waals surface area contributed by atoms with Crippen LogP contribution in [0, 0.1) is 0 Å². The molecule has 0 saturated heterocycles. The molecule has 3 heterocycles. The molecule has 0 aliphatic rings. The van der Waals surface area contributed by atoms with E-state index >= 15 is 0 Å². The number of carbonyl (C=O) groups excluding carboxylic acids is 1. The van der Waals surface area contributed by atoms with E-state index < -0.39 is 0 Å². The third kappa shape index (κ3) is 1.84. The molecule has 3 rings (SSSR count). The SMILES string of the molecule is O=C(NCc1cc[nH]c1)c1cnn2ccncc12. The second-order valence-corrected chi connectivity index (χ2v) is 3.87. The zero-order chi connectivity index (χ0) is 12.4. The number of rotatable bonds is 3. The number of nitrogens with one attached hydrogen (secondary N) is 2. The van der Waals surface area contributed by atoms with Gasteiger partial charge in [-0.15, -0.1) is 0 Å². The van der Waals surface area contributed by atoms with Crippen molar-refractivity contribution in [1.29, 1.82) is 0 Å². The highest BCUT2D eigenvalue weighted by Crippen LogP contribution is 2.08. The monoisotopic (exact) mass is 241 g/mol. The van der Waals surface area contributed by atoms with Gasteiger partial charge in [-0.3, -0.25) is 9.78 Å². The standard InChI is InChI=1S/C12H11N5O/c18-12(15-6-9-1-2-13-5-9)10-7-16-17-4-3-14-8-11(10)17/h1-5,7-8,13H,6H2,(H,15,18). The molecule has 0 fully saturated rings. The Morgan fingerprint density at radius 1 is 1.44 bits per heavy atom. The summed E-state index contributed by atoms with van der Waals surface area (Å²) in [5.74, 6) is -0.154. The number of H-pyrrole nitrogens is 1. The molecule has 3 aromatic heterocycles. The minimum atomic E-state index is -0.154. The number of hydrogen-bond donors (Lipinski definition) is 2. The van der Waals surface area contributed by atoms with Crippen molar-refractivity contribution in [3.05, 3.63) is 54.4 Å². The highest BCUT2D eigenvalue weighted by atomic mass is 16.1. The lowest BCUT2D eigenvalue weighted by atomic mass is 10.2. The molecule has 0 aliphatic heterocycles. The van der Waals surface area contributed by atoms with Gasteiger partial charge < -0.3 is 10.3 Å². The van der Waals surface area contributed by atoms with Crippen molar-refractivity contribution < 1.29 is 4.79 Å². The molecule has 0 spiro atoms. The summed E-state index contributed by atoms with van der Waals surface area (Å²) in [5.41, 5.74) is 2.25. The van der Waals surface area contributed by atoms with E-state index in [1.54, 1.807) is 29.3 Å². The van der Waals surface area contributed by atoms with Crippen molar-refractivity contribution in [2.24, 2.45) is 0 Å². The molecule has 6 nitrogen and oxygen atoms in total. The van der Waals surface area contributed by atoms with E-state index in [9.17, 15) is 4.79 Å². The van der Waals surface area contributed by atoms with Crippen molar-refractivity contribution in [3.8, 4) is 0 Å². The van der Waals surface area contributed by atoms with Gasteiger partial charge >= 0.3 is 0 Å². The van der Waals surface area contributed by atoms with Gasteiger partial charge in [-0.1, -0.05) is 0 Å². The normalized spacial score (nSPS) is 10.7. The molecule has 0 aromatic carbocycles. The maximum absolute atomic E-state index is 12.0. The van der Waals surface area contributed by atoms with Crippen molar-refractivity contribution in [1.82, 2.24) is 24.9 Å². The lowest BCUT2D eigenvalue weighted by molar-refractivity contribution is 0.0952. The fraction of sp³-hybridized carbons (Fsp3) is 0.0833. The molecule has 0 aliphatic carbocycles. The van der Waals surface area contributed by atoms with E-state index in [1.807, 2.05) is 18.5 Å². The number of carbonyl (C=O) groups is 1. The third-order valence-electron chi connectivity index (χ3n) is 2.68. The van der Waals surface area contributed by atoms with Gasteiger partial charge in [0.2, 0.25) is 0 Å². The Hall–Kier alpha value is -2.63. The summed E-state index contributed by atoms with van der Waals surface area (Å²) in [4.78, 5) is 18.9. The summed E-state index contributed by atoms with van der Waals surface area (Å²) in [5, 5.41) is 6.93. The number of aromatic nitrogens is 4. The van der Waals surface area contributed by atoms with Crippen molar-refractivity contribution in [2.75, 3.05) is 0 Å². The van der Waals surface area contributed by atoms with Crippen molar-refractivity contribution in [3.63, 3.8) is 0 Å². The molecule has 0 unspecified atom stereocenters. The number of nitrogens with zero attached hydrogens (tertiary/aromatic N) is 3. The smallest absolute Gasteiger partial charge is 0.255 e. The first-order valence-corrected chi connectivity index (χ1v) is 5.52.